The third-order valence-corrected chi connectivity index (χ3v) is 3.47. The van der Waals surface area contributed by atoms with Gasteiger partial charge in [0.05, 0.1) is 17.9 Å². The highest BCUT2D eigenvalue weighted by molar-refractivity contribution is 5.97. The molecule has 2 aromatic heterocycles. The average Bonchev–Trinajstić information content (AvgIpc) is 3.27. The molecular weight excluding hydrogens is 337 g/mol. The third-order valence-electron chi connectivity index (χ3n) is 3.47. The number of nitrogens with zero attached hydrogens (tertiary/aromatic N) is 1. The molecule has 1 aliphatic rings. The standard InChI is InChI=1S/C12H13FN4O.C6H7NO/c1-14-10-7-15-17-11(10)12(18)16-9-4-2-3-8(13)5-6-9;1-5(8)6-2-3-7-4-6/h2-7,9,14H,1H3,(H,15,17)(H,16,18);2-4,7H,1H3. The van der Waals surface area contributed by atoms with Gasteiger partial charge in [-0.05, 0) is 25.1 Å². The molecule has 0 bridgehead atoms. The van der Waals surface area contributed by atoms with Crippen LogP contribution in [0.3, 0.4) is 0 Å². The average molecular weight is 357 g/mol. The number of H-pyrrole nitrogens is 2. The van der Waals surface area contributed by atoms with Gasteiger partial charge in [-0.3, -0.25) is 14.7 Å². The molecule has 0 spiro atoms. The van der Waals surface area contributed by atoms with E-state index in [2.05, 4.69) is 25.8 Å². The van der Waals surface area contributed by atoms with E-state index in [4.69, 9.17) is 0 Å². The van der Waals surface area contributed by atoms with Crippen LogP contribution in [0.5, 0.6) is 0 Å². The van der Waals surface area contributed by atoms with Crippen LogP contribution in [0.2, 0.25) is 0 Å². The molecule has 1 amide bonds. The number of anilines is 1. The van der Waals surface area contributed by atoms with Gasteiger partial charge in [-0.2, -0.15) is 5.10 Å². The van der Waals surface area contributed by atoms with Gasteiger partial charge in [0.1, 0.15) is 11.5 Å². The molecule has 0 aliphatic heterocycles. The summed E-state index contributed by atoms with van der Waals surface area (Å²) in [5.41, 5.74) is 1.69. The van der Waals surface area contributed by atoms with Crippen molar-refractivity contribution in [3.05, 3.63) is 72.1 Å². The zero-order chi connectivity index (χ0) is 18.9. The largest absolute Gasteiger partial charge is 0.385 e. The van der Waals surface area contributed by atoms with Gasteiger partial charge in [-0.1, -0.05) is 18.2 Å². The third kappa shape index (κ3) is 5.30. The Morgan fingerprint density at radius 2 is 2.12 bits per heavy atom. The van der Waals surface area contributed by atoms with Crippen LogP contribution in [0.4, 0.5) is 10.1 Å². The fourth-order valence-corrected chi connectivity index (χ4v) is 2.09. The molecule has 2 heterocycles. The van der Waals surface area contributed by atoms with Crippen molar-refractivity contribution in [1.82, 2.24) is 20.5 Å². The van der Waals surface area contributed by atoms with Crippen molar-refractivity contribution in [3.8, 4) is 0 Å². The Hall–Kier alpha value is -3.42. The number of rotatable bonds is 4. The molecule has 26 heavy (non-hydrogen) atoms. The summed E-state index contributed by atoms with van der Waals surface area (Å²) in [6.07, 6.45) is 12.4. The molecule has 7 nitrogen and oxygen atoms in total. The highest BCUT2D eigenvalue weighted by Gasteiger charge is 2.15. The topological polar surface area (TPSA) is 103 Å². The number of hydrogen-bond acceptors (Lipinski definition) is 4. The lowest BCUT2D eigenvalue weighted by atomic mass is 10.2. The van der Waals surface area contributed by atoms with E-state index < -0.39 is 0 Å². The molecule has 136 valence electrons. The SMILES string of the molecule is CC(=O)c1cc[nH]c1.CNc1cn[nH]c1C(=O)NC1C=CC=C(F)C=C1. The number of aromatic amines is 2. The van der Waals surface area contributed by atoms with Crippen LogP contribution in [0.25, 0.3) is 0 Å². The van der Waals surface area contributed by atoms with Crippen molar-refractivity contribution in [2.75, 3.05) is 12.4 Å². The van der Waals surface area contributed by atoms with Crippen molar-refractivity contribution in [2.45, 2.75) is 13.0 Å². The van der Waals surface area contributed by atoms with Gasteiger partial charge < -0.3 is 15.6 Å². The Kier molecular flexibility index (Phi) is 6.67. The van der Waals surface area contributed by atoms with Crippen LogP contribution >= 0.6 is 0 Å². The lowest BCUT2D eigenvalue weighted by Gasteiger charge is -2.10. The van der Waals surface area contributed by atoms with Gasteiger partial charge in [-0.25, -0.2) is 4.39 Å². The lowest BCUT2D eigenvalue weighted by Crippen LogP contribution is -2.32. The minimum atomic E-state index is -0.352. The molecule has 1 unspecified atom stereocenters. The first kappa shape index (κ1) is 18.9. The van der Waals surface area contributed by atoms with Crippen LogP contribution in [0.15, 0.2) is 60.9 Å². The molecule has 1 atom stereocenters. The van der Waals surface area contributed by atoms with Crippen LogP contribution in [-0.2, 0) is 0 Å². The number of carbonyl (C=O) groups is 2. The second kappa shape index (κ2) is 9.16. The first-order valence-electron chi connectivity index (χ1n) is 7.89. The fourth-order valence-electron chi connectivity index (χ4n) is 2.09. The number of Topliss-reactive ketones (excluding diaryl/α,β-unsaturated/α-hetero) is 1. The smallest absolute Gasteiger partial charge is 0.272 e. The minimum absolute atomic E-state index is 0.103. The maximum absolute atomic E-state index is 12.9. The van der Waals surface area contributed by atoms with E-state index in [0.717, 1.165) is 5.56 Å². The number of halogens is 1. The maximum atomic E-state index is 12.9. The Morgan fingerprint density at radius 3 is 2.73 bits per heavy atom. The van der Waals surface area contributed by atoms with Gasteiger partial charge in [0.2, 0.25) is 0 Å². The van der Waals surface area contributed by atoms with Gasteiger partial charge in [0.15, 0.2) is 5.78 Å². The van der Waals surface area contributed by atoms with E-state index in [1.165, 1.54) is 18.3 Å². The number of nitrogens with one attached hydrogen (secondary N) is 4. The van der Waals surface area contributed by atoms with Crippen molar-refractivity contribution >= 4 is 17.4 Å². The molecule has 0 saturated heterocycles. The summed E-state index contributed by atoms with van der Waals surface area (Å²) in [5, 5.41) is 12.0. The molecule has 0 aromatic carbocycles. The van der Waals surface area contributed by atoms with E-state index >= 15 is 0 Å². The summed E-state index contributed by atoms with van der Waals surface area (Å²) >= 11 is 0. The number of hydrogen-bond donors (Lipinski definition) is 4. The molecule has 0 saturated carbocycles. The van der Waals surface area contributed by atoms with Crippen molar-refractivity contribution in [1.29, 1.82) is 0 Å². The monoisotopic (exact) mass is 357 g/mol. The molecular formula is C18H20FN5O2. The number of allylic oxidation sites excluding steroid dienone is 4. The molecule has 2 aromatic rings. The van der Waals surface area contributed by atoms with Crippen molar-refractivity contribution < 1.29 is 14.0 Å². The number of carbonyl (C=O) groups excluding carboxylic acids is 2. The Morgan fingerprint density at radius 1 is 1.31 bits per heavy atom. The van der Waals surface area contributed by atoms with Gasteiger partial charge in [0, 0.05) is 25.0 Å². The van der Waals surface area contributed by atoms with E-state index in [1.807, 2.05) is 0 Å². The summed E-state index contributed by atoms with van der Waals surface area (Å²) < 4.78 is 12.9. The predicted molar refractivity (Wildman–Crippen MR) is 97.7 cm³/mol. The lowest BCUT2D eigenvalue weighted by molar-refractivity contribution is 0.0945. The van der Waals surface area contributed by atoms with Crippen LogP contribution in [0.1, 0.15) is 27.8 Å². The zero-order valence-corrected chi connectivity index (χ0v) is 14.4. The van der Waals surface area contributed by atoms with Crippen LogP contribution < -0.4 is 10.6 Å². The molecule has 0 fully saturated rings. The molecule has 0 radical (unpaired) electrons. The van der Waals surface area contributed by atoms with E-state index in [9.17, 15) is 14.0 Å². The normalized spacial score (nSPS) is 15.3. The number of ketones is 1. The molecule has 8 heteroatoms. The van der Waals surface area contributed by atoms with Gasteiger partial charge >= 0.3 is 0 Å². The van der Waals surface area contributed by atoms with E-state index in [0.29, 0.717) is 11.4 Å². The maximum Gasteiger partial charge on any atom is 0.272 e. The quantitative estimate of drug-likeness (QED) is 0.632. The predicted octanol–water partition coefficient (Wildman–Crippen LogP) is 2.75. The highest BCUT2D eigenvalue weighted by Crippen LogP contribution is 2.11. The van der Waals surface area contributed by atoms with Gasteiger partial charge in [-0.15, -0.1) is 0 Å². The number of amides is 1. The molecule has 3 rings (SSSR count). The second-order valence-electron chi connectivity index (χ2n) is 5.36. The summed E-state index contributed by atoms with van der Waals surface area (Å²) in [6, 6.07) is 1.40. The summed E-state index contributed by atoms with van der Waals surface area (Å²) in [6.45, 7) is 1.54. The van der Waals surface area contributed by atoms with Crippen LogP contribution in [-0.4, -0.2) is 40.0 Å². The first-order chi connectivity index (χ1) is 12.5. The number of aromatic nitrogens is 3. The Labute approximate surface area is 150 Å². The van der Waals surface area contributed by atoms with Crippen molar-refractivity contribution in [2.24, 2.45) is 0 Å². The summed E-state index contributed by atoms with van der Waals surface area (Å²) in [4.78, 5) is 25.2. The second-order valence-corrected chi connectivity index (χ2v) is 5.36. The highest BCUT2D eigenvalue weighted by atomic mass is 19.1. The summed E-state index contributed by atoms with van der Waals surface area (Å²) in [7, 11) is 1.70. The van der Waals surface area contributed by atoms with E-state index in [1.54, 1.807) is 50.7 Å². The minimum Gasteiger partial charge on any atom is -0.385 e. The first-order valence-corrected chi connectivity index (χ1v) is 7.89. The van der Waals surface area contributed by atoms with E-state index in [-0.39, 0.29) is 23.6 Å². The zero-order valence-electron chi connectivity index (χ0n) is 14.4. The summed E-state index contributed by atoms with van der Waals surface area (Å²) in [5.74, 6) is -0.551. The molecule has 4 N–H and O–H groups in total. The van der Waals surface area contributed by atoms with Crippen LogP contribution in [0, 0.1) is 0 Å². The fraction of sp³-hybridized carbons (Fsp3) is 0.167. The van der Waals surface area contributed by atoms with Crippen molar-refractivity contribution in [3.63, 3.8) is 0 Å². The van der Waals surface area contributed by atoms with Gasteiger partial charge in [0.25, 0.3) is 5.91 Å². The molecule has 1 aliphatic carbocycles. The Bertz CT molecular complexity index is 834. The Balaban J connectivity index is 0.000000254.